The summed E-state index contributed by atoms with van der Waals surface area (Å²) < 4.78 is 0. The van der Waals surface area contributed by atoms with Crippen molar-refractivity contribution in [3.05, 3.63) is 0 Å². The minimum atomic E-state index is 0.00562. The molecule has 104 valence electrons. The summed E-state index contributed by atoms with van der Waals surface area (Å²) in [5.74, 6) is 0.560. The maximum Gasteiger partial charge on any atom is 0.234 e. The van der Waals surface area contributed by atoms with Crippen LogP contribution in [0.15, 0.2) is 0 Å². The molecule has 1 amide bonds. The zero-order chi connectivity index (χ0) is 13.5. The Hall–Kier alpha value is -0.900. The number of amides is 1. The van der Waals surface area contributed by atoms with Gasteiger partial charge < -0.3 is 5.32 Å². The van der Waals surface area contributed by atoms with E-state index in [1.54, 1.807) is 0 Å². The predicted molar refractivity (Wildman–Crippen MR) is 72.4 cm³/mol. The Morgan fingerprint density at radius 2 is 1.83 bits per heavy atom. The van der Waals surface area contributed by atoms with Crippen molar-refractivity contribution < 1.29 is 9.59 Å². The second-order valence-electron chi connectivity index (χ2n) is 5.47. The van der Waals surface area contributed by atoms with Crippen LogP contribution in [0.2, 0.25) is 0 Å². The fraction of sp³-hybridized carbons (Fsp3) is 0.857. The van der Waals surface area contributed by atoms with Gasteiger partial charge in [-0.2, -0.15) is 0 Å². The Bertz CT molecular complexity index is 284. The van der Waals surface area contributed by atoms with Crippen molar-refractivity contribution in [3.63, 3.8) is 0 Å². The molecule has 4 nitrogen and oxygen atoms in total. The van der Waals surface area contributed by atoms with Gasteiger partial charge >= 0.3 is 0 Å². The first-order valence-corrected chi connectivity index (χ1v) is 7.07. The van der Waals surface area contributed by atoms with Crippen molar-refractivity contribution in [1.29, 1.82) is 0 Å². The smallest absolute Gasteiger partial charge is 0.234 e. The van der Waals surface area contributed by atoms with Gasteiger partial charge in [-0.1, -0.05) is 19.8 Å². The van der Waals surface area contributed by atoms with E-state index in [0.717, 1.165) is 19.4 Å². The van der Waals surface area contributed by atoms with Crippen LogP contribution in [0.25, 0.3) is 0 Å². The SMILES string of the molecule is CCN(CC(=O)NC(C)C)CC(=O)C1CCCC1. The van der Waals surface area contributed by atoms with Gasteiger partial charge in [0.05, 0.1) is 13.1 Å². The van der Waals surface area contributed by atoms with Crippen LogP contribution in [-0.2, 0) is 9.59 Å². The number of Topliss-reactive ketones (excluding diaryl/α,β-unsaturated/α-hetero) is 1. The zero-order valence-corrected chi connectivity index (χ0v) is 11.9. The zero-order valence-electron chi connectivity index (χ0n) is 11.9. The molecule has 0 saturated heterocycles. The summed E-state index contributed by atoms with van der Waals surface area (Å²) in [5, 5.41) is 2.86. The number of nitrogens with zero attached hydrogens (tertiary/aromatic N) is 1. The predicted octanol–water partition coefficient (Wildman–Crippen LogP) is 1.59. The molecule has 0 heterocycles. The third kappa shape index (κ3) is 5.17. The molecule has 1 rings (SSSR count). The van der Waals surface area contributed by atoms with Crippen molar-refractivity contribution >= 4 is 11.7 Å². The molecule has 1 aliphatic carbocycles. The maximum atomic E-state index is 12.0. The highest BCUT2D eigenvalue weighted by Gasteiger charge is 2.24. The van der Waals surface area contributed by atoms with Gasteiger partial charge in [-0.25, -0.2) is 0 Å². The van der Waals surface area contributed by atoms with E-state index in [1.165, 1.54) is 12.8 Å². The van der Waals surface area contributed by atoms with Crippen LogP contribution in [0, 0.1) is 5.92 Å². The average Bonchev–Trinajstić information content (AvgIpc) is 2.80. The Morgan fingerprint density at radius 1 is 1.22 bits per heavy atom. The summed E-state index contributed by atoms with van der Waals surface area (Å²) in [7, 11) is 0. The lowest BCUT2D eigenvalue weighted by molar-refractivity contribution is -0.126. The topological polar surface area (TPSA) is 49.4 Å². The average molecular weight is 254 g/mol. The van der Waals surface area contributed by atoms with E-state index >= 15 is 0 Å². The fourth-order valence-corrected chi connectivity index (χ4v) is 2.45. The lowest BCUT2D eigenvalue weighted by atomic mass is 10.0. The van der Waals surface area contributed by atoms with Crippen LogP contribution in [0.3, 0.4) is 0 Å². The summed E-state index contributed by atoms with van der Waals surface area (Å²) in [4.78, 5) is 25.6. The normalized spacial score (nSPS) is 16.5. The van der Waals surface area contributed by atoms with Crippen molar-refractivity contribution in [2.75, 3.05) is 19.6 Å². The quantitative estimate of drug-likeness (QED) is 0.750. The molecule has 18 heavy (non-hydrogen) atoms. The van der Waals surface area contributed by atoms with Crippen LogP contribution >= 0.6 is 0 Å². The van der Waals surface area contributed by atoms with Crippen LogP contribution in [0.4, 0.5) is 0 Å². The van der Waals surface area contributed by atoms with E-state index < -0.39 is 0 Å². The van der Waals surface area contributed by atoms with E-state index in [1.807, 2.05) is 25.7 Å². The maximum absolute atomic E-state index is 12.0. The van der Waals surface area contributed by atoms with Crippen LogP contribution in [0.5, 0.6) is 0 Å². The van der Waals surface area contributed by atoms with Gasteiger partial charge in [-0.3, -0.25) is 14.5 Å². The number of carbonyl (C=O) groups excluding carboxylic acids is 2. The highest BCUT2D eigenvalue weighted by atomic mass is 16.2. The molecule has 0 unspecified atom stereocenters. The van der Waals surface area contributed by atoms with Gasteiger partial charge in [0.1, 0.15) is 5.78 Å². The first-order valence-electron chi connectivity index (χ1n) is 7.07. The number of carbonyl (C=O) groups is 2. The number of nitrogens with one attached hydrogen (secondary N) is 1. The number of rotatable bonds is 7. The molecule has 0 aliphatic heterocycles. The van der Waals surface area contributed by atoms with Gasteiger partial charge in [0.2, 0.25) is 5.91 Å². The molecular formula is C14H26N2O2. The van der Waals surface area contributed by atoms with E-state index in [4.69, 9.17) is 0 Å². The molecule has 1 N–H and O–H groups in total. The van der Waals surface area contributed by atoms with Gasteiger partial charge in [0, 0.05) is 12.0 Å². The van der Waals surface area contributed by atoms with Crippen molar-refractivity contribution in [3.8, 4) is 0 Å². The van der Waals surface area contributed by atoms with E-state index in [-0.39, 0.29) is 17.9 Å². The largest absolute Gasteiger partial charge is 0.353 e. The lowest BCUT2D eigenvalue weighted by Crippen LogP contribution is -2.42. The minimum Gasteiger partial charge on any atom is -0.353 e. The summed E-state index contributed by atoms with van der Waals surface area (Å²) in [6.45, 7) is 7.37. The van der Waals surface area contributed by atoms with Crippen LogP contribution < -0.4 is 5.32 Å². The summed E-state index contributed by atoms with van der Waals surface area (Å²) in [5.41, 5.74) is 0. The van der Waals surface area contributed by atoms with Crippen LogP contribution in [0.1, 0.15) is 46.5 Å². The standard InChI is InChI=1S/C14H26N2O2/c1-4-16(10-14(18)15-11(2)3)9-13(17)12-7-5-6-8-12/h11-12H,4-10H2,1-3H3,(H,15,18). The molecular weight excluding hydrogens is 228 g/mol. The molecule has 0 aromatic rings. The number of likely N-dealkylation sites (N-methyl/N-ethyl adjacent to an activating group) is 1. The van der Waals surface area contributed by atoms with Gasteiger partial charge in [-0.15, -0.1) is 0 Å². The Morgan fingerprint density at radius 3 is 2.33 bits per heavy atom. The Labute approximate surface area is 110 Å². The number of hydrogen-bond acceptors (Lipinski definition) is 3. The summed E-state index contributed by atoms with van der Waals surface area (Å²) in [6.07, 6.45) is 4.43. The van der Waals surface area contributed by atoms with E-state index in [2.05, 4.69) is 5.32 Å². The number of hydrogen-bond donors (Lipinski definition) is 1. The minimum absolute atomic E-state index is 0.00562. The van der Waals surface area contributed by atoms with Crippen molar-refractivity contribution in [1.82, 2.24) is 10.2 Å². The number of ketones is 1. The molecule has 0 atom stereocenters. The van der Waals surface area contributed by atoms with Gasteiger partial charge in [0.15, 0.2) is 0 Å². The Balaban J connectivity index is 2.36. The summed E-state index contributed by atoms with van der Waals surface area (Å²) in [6, 6.07) is 0.154. The molecule has 1 fully saturated rings. The molecule has 1 saturated carbocycles. The summed E-state index contributed by atoms with van der Waals surface area (Å²) >= 11 is 0. The Kier molecular flexibility index (Phi) is 6.33. The third-order valence-electron chi connectivity index (χ3n) is 3.45. The second-order valence-corrected chi connectivity index (χ2v) is 5.47. The molecule has 0 aromatic heterocycles. The molecule has 4 heteroatoms. The van der Waals surface area contributed by atoms with Gasteiger partial charge in [-0.05, 0) is 33.2 Å². The highest BCUT2D eigenvalue weighted by molar-refractivity contribution is 5.84. The second kappa shape index (κ2) is 7.52. The van der Waals surface area contributed by atoms with Crippen molar-refractivity contribution in [2.45, 2.75) is 52.5 Å². The lowest BCUT2D eigenvalue weighted by Gasteiger charge is -2.21. The molecule has 0 radical (unpaired) electrons. The van der Waals surface area contributed by atoms with E-state index in [9.17, 15) is 9.59 Å². The third-order valence-corrected chi connectivity index (χ3v) is 3.45. The molecule has 1 aliphatic rings. The first kappa shape index (κ1) is 15.2. The van der Waals surface area contributed by atoms with Crippen molar-refractivity contribution in [2.24, 2.45) is 5.92 Å². The molecule has 0 bridgehead atoms. The van der Waals surface area contributed by atoms with Gasteiger partial charge in [0.25, 0.3) is 0 Å². The van der Waals surface area contributed by atoms with E-state index in [0.29, 0.717) is 18.9 Å². The molecule has 0 aromatic carbocycles. The fourth-order valence-electron chi connectivity index (χ4n) is 2.45. The molecule has 0 spiro atoms. The first-order chi connectivity index (χ1) is 8.52. The monoisotopic (exact) mass is 254 g/mol. The highest BCUT2D eigenvalue weighted by Crippen LogP contribution is 2.25. The van der Waals surface area contributed by atoms with Crippen LogP contribution in [-0.4, -0.2) is 42.3 Å².